The monoisotopic (exact) mass is 400 g/mol. The van der Waals surface area contributed by atoms with E-state index in [4.69, 9.17) is 16.3 Å². The number of ether oxygens (including phenoxy) is 1. The second-order valence-corrected chi connectivity index (χ2v) is 7.36. The van der Waals surface area contributed by atoms with Crippen LogP contribution in [0.15, 0.2) is 48.5 Å². The van der Waals surface area contributed by atoms with Crippen LogP contribution in [-0.2, 0) is 16.1 Å². The summed E-state index contributed by atoms with van der Waals surface area (Å²) >= 11 is 6.27. The molecule has 0 aliphatic carbocycles. The van der Waals surface area contributed by atoms with Crippen molar-refractivity contribution in [1.82, 2.24) is 4.90 Å². The minimum atomic E-state index is -0.358. The molecule has 1 saturated heterocycles. The highest BCUT2D eigenvalue weighted by Crippen LogP contribution is 2.23. The lowest BCUT2D eigenvalue weighted by molar-refractivity contribution is -0.121. The highest BCUT2D eigenvalue weighted by molar-refractivity contribution is 6.31. The second-order valence-electron chi connectivity index (χ2n) is 6.95. The molecule has 2 aromatic carbocycles. The number of hydrogen-bond donors (Lipinski definition) is 1. The van der Waals surface area contributed by atoms with Crippen molar-refractivity contribution in [3.8, 4) is 0 Å². The number of rotatable bonds is 6. The van der Waals surface area contributed by atoms with Gasteiger partial charge in [-0.05, 0) is 62.2 Å². The van der Waals surface area contributed by atoms with Crippen LogP contribution in [0.25, 0.3) is 0 Å². The Hall–Kier alpha value is -2.37. The number of carbonyl (C=O) groups is 2. The molecule has 1 aliphatic rings. The van der Waals surface area contributed by atoms with E-state index in [-0.39, 0.29) is 17.8 Å². The predicted octanol–water partition coefficient (Wildman–Crippen LogP) is 4.37. The lowest BCUT2D eigenvalue weighted by Gasteiger charge is -2.32. The van der Waals surface area contributed by atoms with Crippen LogP contribution < -0.4 is 5.32 Å². The molecule has 0 bridgehead atoms. The fraction of sp³-hybridized carbons (Fsp3) is 0.364. The van der Waals surface area contributed by atoms with Crippen molar-refractivity contribution in [3.05, 3.63) is 64.7 Å². The van der Waals surface area contributed by atoms with Gasteiger partial charge in [0.2, 0.25) is 5.91 Å². The number of amides is 1. The Morgan fingerprint density at radius 2 is 1.93 bits per heavy atom. The van der Waals surface area contributed by atoms with Crippen LogP contribution in [0.1, 0.15) is 35.7 Å². The molecule has 5 nitrogen and oxygen atoms in total. The Morgan fingerprint density at radius 1 is 1.18 bits per heavy atom. The average Bonchev–Trinajstić information content (AvgIpc) is 2.71. The van der Waals surface area contributed by atoms with E-state index in [0.29, 0.717) is 24.4 Å². The van der Waals surface area contributed by atoms with Gasteiger partial charge in [-0.2, -0.15) is 0 Å². The molecular formula is C22H25ClN2O3. The maximum atomic E-state index is 12.7. The number of anilines is 1. The van der Waals surface area contributed by atoms with Gasteiger partial charge < -0.3 is 10.1 Å². The quantitative estimate of drug-likeness (QED) is 0.731. The molecule has 0 spiro atoms. The molecule has 1 fully saturated rings. The summed E-state index contributed by atoms with van der Waals surface area (Å²) in [6.07, 6.45) is 1.84. The normalized spacial score (nSPS) is 17.1. The standard InChI is InChI=1S/C22H25ClN2O3/c1-2-28-22(27)16-9-11-19(12-10-16)24-21(26)18-7-5-13-25(15-18)14-17-6-3-4-8-20(17)23/h3-4,6,8-12,18H,2,5,7,13-15H2,1H3,(H,24,26)/t18-/m0/s1. The molecule has 1 atom stereocenters. The molecule has 0 saturated carbocycles. The van der Waals surface area contributed by atoms with Crippen molar-refractivity contribution in [2.75, 3.05) is 25.0 Å². The molecule has 1 aliphatic heterocycles. The topological polar surface area (TPSA) is 58.6 Å². The zero-order valence-electron chi connectivity index (χ0n) is 16.0. The zero-order valence-corrected chi connectivity index (χ0v) is 16.7. The minimum absolute atomic E-state index is 0.00717. The third-order valence-corrected chi connectivity index (χ3v) is 5.26. The van der Waals surface area contributed by atoms with Gasteiger partial charge >= 0.3 is 5.97 Å². The summed E-state index contributed by atoms with van der Waals surface area (Å²) in [6, 6.07) is 14.6. The summed E-state index contributed by atoms with van der Waals surface area (Å²) in [5.41, 5.74) is 2.24. The summed E-state index contributed by atoms with van der Waals surface area (Å²) in [6.45, 7) is 4.52. The van der Waals surface area contributed by atoms with E-state index in [2.05, 4.69) is 10.2 Å². The fourth-order valence-electron chi connectivity index (χ4n) is 3.43. The van der Waals surface area contributed by atoms with Gasteiger partial charge in [0, 0.05) is 23.8 Å². The van der Waals surface area contributed by atoms with Crippen LogP contribution in [-0.4, -0.2) is 36.5 Å². The number of nitrogens with one attached hydrogen (secondary N) is 1. The Morgan fingerprint density at radius 3 is 2.64 bits per heavy atom. The van der Waals surface area contributed by atoms with E-state index in [0.717, 1.165) is 36.5 Å². The molecule has 3 rings (SSSR count). The molecule has 148 valence electrons. The van der Waals surface area contributed by atoms with Crippen LogP contribution >= 0.6 is 11.6 Å². The van der Waals surface area contributed by atoms with Crippen molar-refractivity contribution in [3.63, 3.8) is 0 Å². The molecule has 0 aromatic heterocycles. The number of esters is 1. The number of halogens is 1. The molecule has 0 radical (unpaired) electrons. The summed E-state index contributed by atoms with van der Waals surface area (Å²) in [5, 5.41) is 3.72. The van der Waals surface area contributed by atoms with E-state index in [1.807, 2.05) is 24.3 Å². The summed E-state index contributed by atoms with van der Waals surface area (Å²) in [5.74, 6) is -0.420. The van der Waals surface area contributed by atoms with Crippen LogP contribution in [0, 0.1) is 5.92 Å². The van der Waals surface area contributed by atoms with Gasteiger partial charge in [0.15, 0.2) is 0 Å². The van der Waals surface area contributed by atoms with Crippen molar-refractivity contribution >= 4 is 29.2 Å². The lowest BCUT2D eigenvalue weighted by Crippen LogP contribution is -2.40. The first-order valence-corrected chi connectivity index (χ1v) is 9.98. The van der Waals surface area contributed by atoms with Crippen molar-refractivity contribution in [1.29, 1.82) is 0 Å². The van der Waals surface area contributed by atoms with E-state index >= 15 is 0 Å². The smallest absolute Gasteiger partial charge is 0.338 e. The molecule has 1 N–H and O–H groups in total. The molecular weight excluding hydrogens is 376 g/mol. The number of likely N-dealkylation sites (tertiary alicyclic amines) is 1. The van der Waals surface area contributed by atoms with Crippen LogP contribution in [0.2, 0.25) is 5.02 Å². The maximum Gasteiger partial charge on any atom is 0.338 e. The average molecular weight is 401 g/mol. The van der Waals surface area contributed by atoms with E-state index in [1.165, 1.54) is 0 Å². The number of carbonyl (C=O) groups excluding carboxylic acids is 2. The first-order chi connectivity index (χ1) is 13.6. The highest BCUT2D eigenvalue weighted by Gasteiger charge is 2.26. The minimum Gasteiger partial charge on any atom is -0.462 e. The number of hydrogen-bond acceptors (Lipinski definition) is 4. The van der Waals surface area contributed by atoms with E-state index in [1.54, 1.807) is 31.2 Å². The Balaban J connectivity index is 1.56. The number of benzene rings is 2. The molecule has 28 heavy (non-hydrogen) atoms. The van der Waals surface area contributed by atoms with Crippen molar-refractivity contribution in [2.24, 2.45) is 5.92 Å². The van der Waals surface area contributed by atoms with Gasteiger partial charge in [0.05, 0.1) is 18.1 Å². The van der Waals surface area contributed by atoms with Crippen LogP contribution in [0.5, 0.6) is 0 Å². The lowest BCUT2D eigenvalue weighted by atomic mass is 9.96. The predicted molar refractivity (Wildman–Crippen MR) is 110 cm³/mol. The highest BCUT2D eigenvalue weighted by atomic mass is 35.5. The van der Waals surface area contributed by atoms with Gasteiger partial charge in [-0.15, -0.1) is 0 Å². The first kappa shape index (κ1) is 20.4. The summed E-state index contributed by atoms with van der Waals surface area (Å²) < 4.78 is 4.97. The van der Waals surface area contributed by atoms with Crippen LogP contribution in [0.4, 0.5) is 5.69 Å². The number of piperidine rings is 1. The Labute approximate surface area is 170 Å². The molecule has 1 heterocycles. The SMILES string of the molecule is CCOC(=O)c1ccc(NC(=O)[C@H]2CCCN(Cc3ccccc3Cl)C2)cc1. The Kier molecular flexibility index (Phi) is 7.06. The van der Waals surface area contributed by atoms with Gasteiger partial charge in [0.25, 0.3) is 0 Å². The third kappa shape index (κ3) is 5.33. The van der Waals surface area contributed by atoms with Gasteiger partial charge in [-0.3, -0.25) is 9.69 Å². The summed E-state index contributed by atoms with van der Waals surface area (Å²) in [7, 11) is 0. The molecule has 2 aromatic rings. The molecule has 0 unspecified atom stereocenters. The maximum absolute atomic E-state index is 12.7. The largest absolute Gasteiger partial charge is 0.462 e. The van der Waals surface area contributed by atoms with E-state index < -0.39 is 0 Å². The number of nitrogens with zero attached hydrogens (tertiary/aromatic N) is 1. The van der Waals surface area contributed by atoms with Crippen LogP contribution in [0.3, 0.4) is 0 Å². The molecule has 1 amide bonds. The van der Waals surface area contributed by atoms with Crippen molar-refractivity contribution in [2.45, 2.75) is 26.3 Å². The third-order valence-electron chi connectivity index (χ3n) is 4.89. The van der Waals surface area contributed by atoms with Crippen molar-refractivity contribution < 1.29 is 14.3 Å². The molecule has 6 heteroatoms. The Bertz CT molecular complexity index is 823. The van der Waals surface area contributed by atoms with Gasteiger partial charge in [-0.25, -0.2) is 4.79 Å². The second kappa shape index (κ2) is 9.71. The van der Waals surface area contributed by atoms with Gasteiger partial charge in [0.1, 0.15) is 0 Å². The summed E-state index contributed by atoms with van der Waals surface area (Å²) in [4.78, 5) is 26.7. The van der Waals surface area contributed by atoms with Gasteiger partial charge in [-0.1, -0.05) is 29.8 Å². The fourth-order valence-corrected chi connectivity index (χ4v) is 3.62. The van der Waals surface area contributed by atoms with E-state index in [9.17, 15) is 9.59 Å². The first-order valence-electron chi connectivity index (χ1n) is 9.60. The zero-order chi connectivity index (χ0) is 19.9.